The first-order valence-corrected chi connectivity index (χ1v) is 7.50. The van der Waals surface area contributed by atoms with Gasteiger partial charge in [-0.15, -0.1) is 0 Å². The molecule has 21 heavy (non-hydrogen) atoms. The van der Waals surface area contributed by atoms with Crippen molar-refractivity contribution >= 4 is 46.0 Å². The van der Waals surface area contributed by atoms with Crippen LogP contribution in [0.1, 0.15) is 5.56 Å². The molecule has 0 unspecified atom stereocenters. The Hall–Kier alpha value is -2.11. The second-order valence-corrected chi connectivity index (χ2v) is 6.12. The largest absolute Gasteiger partial charge is 0.508 e. The van der Waals surface area contributed by atoms with Crippen LogP contribution in [0.2, 0.25) is 0 Å². The quantitative estimate of drug-likeness (QED) is 0.676. The monoisotopic (exact) mass is 313 g/mol. The minimum atomic E-state index is -0.139. The molecule has 3 nitrogen and oxygen atoms in total. The molecule has 2 aromatic rings. The van der Waals surface area contributed by atoms with Crippen molar-refractivity contribution in [2.24, 2.45) is 0 Å². The molecule has 104 valence electrons. The van der Waals surface area contributed by atoms with Crippen molar-refractivity contribution in [3.63, 3.8) is 0 Å². The minimum Gasteiger partial charge on any atom is -0.508 e. The smallest absolute Gasteiger partial charge is 0.270 e. The lowest BCUT2D eigenvalue weighted by atomic mass is 10.2. The summed E-state index contributed by atoms with van der Waals surface area (Å²) in [5.74, 6) is 0.0172. The third-order valence-corrected chi connectivity index (χ3v) is 4.30. The van der Waals surface area contributed by atoms with Gasteiger partial charge in [-0.1, -0.05) is 54.3 Å². The number of rotatable bonds is 2. The van der Waals surface area contributed by atoms with Gasteiger partial charge in [0, 0.05) is 0 Å². The Kier molecular flexibility index (Phi) is 3.77. The molecule has 0 aromatic heterocycles. The van der Waals surface area contributed by atoms with Crippen LogP contribution in [0, 0.1) is 0 Å². The van der Waals surface area contributed by atoms with E-state index in [0.29, 0.717) is 14.9 Å². The Morgan fingerprint density at radius 2 is 1.71 bits per heavy atom. The molecule has 0 atom stereocenters. The molecule has 0 spiro atoms. The molecule has 1 fully saturated rings. The SMILES string of the molecule is O=C1/C(=C/c2ccccc2)SC(=S)N1c1ccc(O)cc1. The predicted octanol–water partition coefficient (Wildman–Crippen LogP) is 3.80. The fourth-order valence-corrected chi connectivity index (χ4v) is 3.29. The number of amides is 1. The number of thioether (sulfide) groups is 1. The number of aromatic hydroxyl groups is 1. The molecule has 1 N–H and O–H groups in total. The standard InChI is InChI=1S/C16H11NO2S2/c18-13-8-6-12(7-9-13)17-15(19)14(21-16(17)20)10-11-4-2-1-3-5-11/h1-10,18H/b14-10-. The van der Waals surface area contributed by atoms with Gasteiger partial charge in [0.2, 0.25) is 0 Å². The van der Waals surface area contributed by atoms with Gasteiger partial charge in [0.25, 0.3) is 5.91 Å². The van der Waals surface area contributed by atoms with E-state index in [1.165, 1.54) is 28.8 Å². The van der Waals surface area contributed by atoms with Gasteiger partial charge in [-0.25, -0.2) is 0 Å². The van der Waals surface area contributed by atoms with E-state index in [-0.39, 0.29) is 11.7 Å². The van der Waals surface area contributed by atoms with Crippen LogP contribution >= 0.6 is 24.0 Å². The summed E-state index contributed by atoms with van der Waals surface area (Å²) in [6.45, 7) is 0. The second kappa shape index (κ2) is 5.71. The molecule has 2 aromatic carbocycles. The van der Waals surface area contributed by atoms with Gasteiger partial charge in [-0.05, 0) is 35.9 Å². The van der Waals surface area contributed by atoms with Crippen LogP contribution in [0.25, 0.3) is 6.08 Å². The van der Waals surface area contributed by atoms with E-state index in [0.717, 1.165) is 5.56 Å². The molecular formula is C16H11NO2S2. The Morgan fingerprint density at radius 3 is 2.38 bits per heavy atom. The number of hydrogen-bond acceptors (Lipinski definition) is 4. The summed E-state index contributed by atoms with van der Waals surface area (Å²) in [7, 11) is 0. The van der Waals surface area contributed by atoms with Crippen molar-refractivity contribution in [1.82, 2.24) is 0 Å². The number of nitrogens with zero attached hydrogens (tertiary/aromatic N) is 1. The summed E-state index contributed by atoms with van der Waals surface area (Å²) < 4.78 is 0.493. The number of anilines is 1. The summed E-state index contributed by atoms with van der Waals surface area (Å²) in [5, 5.41) is 9.33. The normalized spacial score (nSPS) is 16.8. The predicted molar refractivity (Wildman–Crippen MR) is 90.2 cm³/mol. The van der Waals surface area contributed by atoms with Crippen LogP contribution in [0.5, 0.6) is 5.75 Å². The second-order valence-electron chi connectivity index (χ2n) is 4.44. The van der Waals surface area contributed by atoms with Gasteiger partial charge < -0.3 is 5.11 Å². The van der Waals surface area contributed by atoms with Crippen molar-refractivity contribution in [3.05, 3.63) is 65.1 Å². The molecule has 0 radical (unpaired) electrons. The third-order valence-electron chi connectivity index (χ3n) is 3.00. The first-order valence-electron chi connectivity index (χ1n) is 6.27. The molecule has 0 aliphatic carbocycles. The summed E-state index contributed by atoms with van der Waals surface area (Å²) in [4.78, 5) is 14.6. The highest BCUT2D eigenvalue weighted by molar-refractivity contribution is 8.27. The van der Waals surface area contributed by atoms with E-state index in [1.54, 1.807) is 12.1 Å². The maximum absolute atomic E-state index is 12.5. The first kappa shape index (κ1) is 13.9. The molecule has 1 heterocycles. The Labute approximate surface area is 131 Å². The number of benzene rings is 2. The number of phenols is 1. The minimum absolute atomic E-state index is 0.139. The van der Waals surface area contributed by atoms with Crippen LogP contribution in [-0.2, 0) is 4.79 Å². The zero-order valence-electron chi connectivity index (χ0n) is 10.9. The average molecular weight is 313 g/mol. The number of hydrogen-bond donors (Lipinski definition) is 1. The van der Waals surface area contributed by atoms with Crippen LogP contribution in [0.4, 0.5) is 5.69 Å². The maximum Gasteiger partial charge on any atom is 0.270 e. The fourth-order valence-electron chi connectivity index (χ4n) is 1.99. The van der Waals surface area contributed by atoms with Gasteiger partial charge in [0.05, 0.1) is 10.6 Å². The van der Waals surface area contributed by atoms with Gasteiger partial charge in [-0.2, -0.15) is 0 Å². The summed E-state index contributed by atoms with van der Waals surface area (Å²) in [6, 6.07) is 16.1. The van der Waals surface area contributed by atoms with Crippen molar-refractivity contribution in [2.45, 2.75) is 0 Å². The molecule has 1 amide bonds. The van der Waals surface area contributed by atoms with Crippen molar-refractivity contribution in [1.29, 1.82) is 0 Å². The molecular weight excluding hydrogens is 302 g/mol. The molecule has 1 aliphatic rings. The molecule has 0 saturated carbocycles. The van der Waals surface area contributed by atoms with E-state index in [4.69, 9.17) is 12.2 Å². The first-order chi connectivity index (χ1) is 10.1. The molecule has 0 bridgehead atoms. The Balaban J connectivity index is 1.92. The number of carbonyl (C=O) groups is 1. The van der Waals surface area contributed by atoms with Crippen LogP contribution in [-0.4, -0.2) is 15.3 Å². The van der Waals surface area contributed by atoms with E-state index in [1.807, 2.05) is 36.4 Å². The van der Waals surface area contributed by atoms with E-state index in [2.05, 4.69) is 0 Å². The molecule has 1 aliphatic heterocycles. The summed E-state index contributed by atoms with van der Waals surface area (Å²) >= 11 is 6.57. The van der Waals surface area contributed by atoms with Gasteiger partial charge >= 0.3 is 0 Å². The van der Waals surface area contributed by atoms with Gasteiger partial charge in [-0.3, -0.25) is 9.69 Å². The van der Waals surface area contributed by atoms with Crippen molar-refractivity contribution < 1.29 is 9.90 Å². The van der Waals surface area contributed by atoms with Gasteiger partial charge in [0.15, 0.2) is 4.32 Å². The number of phenolic OH excluding ortho intramolecular Hbond substituents is 1. The Bertz CT molecular complexity index is 724. The molecule has 1 saturated heterocycles. The fraction of sp³-hybridized carbons (Fsp3) is 0. The molecule has 5 heteroatoms. The molecule has 3 rings (SSSR count). The lowest BCUT2D eigenvalue weighted by Gasteiger charge is -2.14. The topological polar surface area (TPSA) is 40.5 Å². The highest BCUT2D eigenvalue weighted by Crippen LogP contribution is 2.36. The number of thiocarbonyl (C=S) groups is 1. The lowest BCUT2D eigenvalue weighted by molar-refractivity contribution is -0.113. The number of carbonyl (C=O) groups excluding carboxylic acids is 1. The zero-order chi connectivity index (χ0) is 14.8. The lowest BCUT2D eigenvalue weighted by Crippen LogP contribution is -2.27. The summed E-state index contributed by atoms with van der Waals surface area (Å²) in [6.07, 6.45) is 1.83. The third kappa shape index (κ3) is 2.84. The van der Waals surface area contributed by atoms with Crippen LogP contribution in [0.15, 0.2) is 59.5 Å². The van der Waals surface area contributed by atoms with E-state index >= 15 is 0 Å². The van der Waals surface area contributed by atoms with E-state index in [9.17, 15) is 9.90 Å². The summed E-state index contributed by atoms with van der Waals surface area (Å²) in [5.41, 5.74) is 1.62. The highest BCUT2D eigenvalue weighted by atomic mass is 32.2. The van der Waals surface area contributed by atoms with Gasteiger partial charge in [0.1, 0.15) is 5.75 Å². The van der Waals surface area contributed by atoms with Crippen LogP contribution < -0.4 is 4.90 Å². The van der Waals surface area contributed by atoms with Crippen molar-refractivity contribution in [3.8, 4) is 5.75 Å². The highest BCUT2D eigenvalue weighted by Gasteiger charge is 2.33. The Morgan fingerprint density at radius 1 is 1.05 bits per heavy atom. The van der Waals surface area contributed by atoms with Crippen LogP contribution in [0.3, 0.4) is 0 Å². The maximum atomic E-state index is 12.5. The van der Waals surface area contributed by atoms with E-state index < -0.39 is 0 Å². The zero-order valence-corrected chi connectivity index (χ0v) is 12.5. The van der Waals surface area contributed by atoms with Crippen molar-refractivity contribution in [2.75, 3.05) is 4.90 Å². The average Bonchev–Trinajstić information content (AvgIpc) is 2.76.